The van der Waals surface area contributed by atoms with Crippen molar-refractivity contribution in [3.63, 3.8) is 0 Å². The third-order valence-corrected chi connectivity index (χ3v) is 27.2. The monoisotopic (exact) mass is 1510 g/mol. The van der Waals surface area contributed by atoms with Crippen LogP contribution in [-0.4, -0.2) is 75.1 Å². The Bertz CT molecular complexity index is 2890. The Morgan fingerprint density at radius 1 is 0.319 bits per heavy atom. The summed E-state index contributed by atoms with van der Waals surface area (Å²) in [6.45, 7) is 0. The average molecular weight is 1520 g/mol. The summed E-state index contributed by atoms with van der Waals surface area (Å²) < 4.78 is 1.27. The third kappa shape index (κ3) is 26.9. The molecule has 6 unspecified atom stereocenters. The second-order valence-corrected chi connectivity index (χ2v) is 32.9. The van der Waals surface area contributed by atoms with Crippen LogP contribution >= 0.6 is 29.9 Å². The molecule has 0 spiro atoms. The fraction of sp³-hybridized carbons (Fsp3) is 0.429. The van der Waals surface area contributed by atoms with Gasteiger partial charge in [0.25, 0.3) is 0 Å². The van der Waals surface area contributed by atoms with E-state index in [1.165, 1.54) is 202 Å². The van der Waals surface area contributed by atoms with Crippen molar-refractivity contribution in [3.05, 3.63) is 260 Å². The second-order valence-electron chi connectivity index (χ2n) is 25.4. The van der Waals surface area contributed by atoms with Gasteiger partial charge in [0.1, 0.15) is 0 Å². The summed E-state index contributed by atoms with van der Waals surface area (Å²) in [7, 11) is 12.8. The van der Waals surface area contributed by atoms with Crippen LogP contribution in [0.2, 0.25) is 0 Å². The summed E-state index contributed by atoms with van der Waals surface area (Å²) in [5.41, 5.74) is 4.51. The molecule has 0 bridgehead atoms. The average Bonchev–Trinajstić information content (AvgIpc) is 1.09. The SMILES string of the molecule is C1CCCC1.C1CCCC1.C1CCCC1.CN(C)C1CCCC1c1ccccc1Br.CN(C)C1CCCC1c1ccccc1P(=S)(c1ccccc1)c1ccccc1.CN(C)C1CCCC1c1ccccc1P(c1ccccc1)c1ccccc1.[CH3-].[CH3-].[CH3-].[CH3-].[CH3-].[CH3-].[Fe+2].[Fe+2].[Fe+2]. The quantitative estimate of drug-likeness (QED) is 0.0685. The van der Waals surface area contributed by atoms with E-state index >= 15 is 0 Å². The molecule has 520 valence electrons. The van der Waals surface area contributed by atoms with Crippen LogP contribution in [0, 0.1) is 44.6 Å². The minimum Gasteiger partial charge on any atom is -0.358 e. The number of benzene rings is 7. The predicted molar refractivity (Wildman–Crippen MR) is 422 cm³/mol. The van der Waals surface area contributed by atoms with E-state index < -0.39 is 14.0 Å². The molecule has 13 rings (SSSR count). The zero-order chi connectivity index (χ0) is 59.6. The van der Waals surface area contributed by atoms with Gasteiger partial charge in [-0.2, -0.15) is 0 Å². The Balaban J connectivity index is 0. The smallest absolute Gasteiger partial charge is 0.358 e. The van der Waals surface area contributed by atoms with Crippen LogP contribution in [0.1, 0.15) is 189 Å². The molecule has 0 N–H and O–H groups in total. The molecule has 7 aromatic rings. The Kier molecular flexibility index (Phi) is 50.6. The minimum atomic E-state index is -2.11. The molecule has 0 aliphatic heterocycles. The molecule has 6 atom stereocenters. The van der Waals surface area contributed by atoms with E-state index in [-0.39, 0.29) is 95.8 Å². The van der Waals surface area contributed by atoms with Crippen LogP contribution in [0.15, 0.2) is 199 Å². The van der Waals surface area contributed by atoms with Crippen molar-refractivity contribution in [2.24, 2.45) is 0 Å². The van der Waals surface area contributed by atoms with Gasteiger partial charge in [0.2, 0.25) is 0 Å². The second kappa shape index (κ2) is 50.8. The molecule has 0 heterocycles. The molecule has 10 heteroatoms. The molecular weight excluding hydrogens is 1390 g/mol. The van der Waals surface area contributed by atoms with Gasteiger partial charge in [0.15, 0.2) is 0 Å². The molecule has 6 aliphatic carbocycles. The van der Waals surface area contributed by atoms with Gasteiger partial charge in [-0.05, 0) is 143 Å². The molecular formula is C84H122BrFe3N3P2S. The summed E-state index contributed by atoms with van der Waals surface area (Å²) in [5.74, 6) is 1.89. The predicted octanol–water partition coefficient (Wildman–Crippen LogP) is 21.5. The Morgan fingerprint density at radius 2 is 0.585 bits per heavy atom. The Hall–Kier alpha value is -2.46. The van der Waals surface area contributed by atoms with Crippen molar-refractivity contribution in [2.75, 3.05) is 42.3 Å². The summed E-state index contributed by atoms with van der Waals surface area (Å²) in [4.78, 5) is 7.21. The van der Waals surface area contributed by atoms with Gasteiger partial charge in [-0.1, -0.05) is 331 Å². The van der Waals surface area contributed by atoms with E-state index in [9.17, 15) is 0 Å². The first kappa shape index (κ1) is 93.6. The minimum absolute atomic E-state index is 0. The van der Waals surface area contributed by atoms with Crippen molar-refractivity contribution in [1.82, 2.24) is 14.7 Å². The maximum atomic E-state index is 6.63. The number of rotatable bonds is 12. The van der Waals surface area contributed by atoms with E-state index in [0.29, 0.717) is 35.9 Å². The summed E-state index contributed by atoms with van der Waals surface area (Å²) >= 11 is 10.3. The van der Waals surface area contributed by atoms with Crippen molar-refractivity contribution in [3.8, 4) is 0 Å². The molecule has 6 aliphatic rings. The molecule has 0 amide bonds. The number of halogens is 1. The first-order valence-corrected chi connectivity index (χ1v) is 38.0. The van der Waals surface area contributed by atoms with E-state index in [2.05, 4.69) is 267 Å². The number of likely N-dealkylation sites (N-methyl/N-ethyl adjacent to an activating group) is 3. The van der Waals surface area contributed by atoms with Crippen LogP contribution in [0.4, 0.5) is 0 Å². The Morgan fingerprint density at radius 3 is 0.926 bits per heavy atom. The van der Waals surface area contributed by atoms with Gasteiger partial charge in [-0.25, -0.2) is 0 Å². The van der Waals surface area contributed by atoms with Gasteiger partial charge in [0, 0.05) is 46.4 Å². The van der Waals surface area contributed by atoms with Crippen molar-refractivity contribution in [1.29, 1.82) is 0 Å². The normalized spacial score (nSPS) is 19.6. The third-order valence-electron chi connectivity index (χ3n) is 19.0. The standard InChI is InChI=1S/C25H28NPS.C25H28NP.C13H18BrN.3C5H10.6CH3.3Fe/c1-26(2)24-18-11-17-22(24)23-16-9-10-19-25(23)27(28,20-12-5-3-6-13-20)21-14-7-4-8-15-21;1-26(2)24-18-11-17-22(24)23-16-9-10-19-25(23)27(20-12-5-3-6-13-20)21-14-7-4-8-15-21;1-15(2)13-9-5-7-11(13)10-6-3-4-8-12(10)14;3*1-2-4-5-3-1;;;;;;;;;/h3-10,12-16,19,22,24H,11,17-18H2,1-2H3;3-10,12-16,19,22,24H,11,17-18H2,1-2H3;3-4,6,8,11,13H,5,7,9H2,1-2H3;3*1-5H2;6*1H3;;;/q;;;;;;6*-1;3*+2. The van der Waals surface area contributed by atoms with Crippen LogP contribution in [-0.2, 0) is 63.0 Å². The molecule has 3 nitrogen and oxygen atoms in total. The van der Waals surface area contributed by atoms with Gasteiger partial charge in [-0.15, -0.1) is 0 Å². The van der Waals surface area contributed by atoms with Gasteiger partial charge < -0.3 is 59.3 Å². The zero-order valence-electron chi connectivity index (χ0n) is 60.0. The van der Waals surface area contributed by atoms with Crippen LogP contribution in [0.25, 0.3) is 0 Å². The summed E-state index contributed by atoms with van der Waals surface area (Å²) in [6.07, 6.45) is 34.3. The zero-order valence-corrected chi connectivity index (χ0v) is 67.5. The van der Waals surface area contributed by atoms with E-state index in [0.717, 1.165) is 0 Å². The fourth-order valence-electron chi connectivity index (χ4n) is 14.6. The molecule has 94 heavy (non-hydrogen) atoms. The van der Waals surface area contributed by atoms with Crippen LogP contribution in [0.3, 0.4) is 0 Å². The fourth-order valence-corrected chi connectivity index (χ4v) is 21.8. The van der Waals surface area contributed by atoms with Crippen LogP contribution < -0.4 is 31.8 Å². The molecule has 0 aromatic heterocycles. The number of nitrogens with zero attached hydrogens (tertiary/aromatic N) is 3. The van der Waals surface area contributed by atoms with Gasteiger partial charge >= 0.3 is 51.2 Å². The van der Waals surface area contributed by atoms with Crippen LogP contribution in [0.5, 0.6) is 0 Å². The molecule has 7 aromatic carbocycles. The van der Waals surface area contributed by atoms with Crippen molar-refractivity contribution >= 4 is 73.5 Å². The number of hydrogen-bond acceptors (Lipinski definition) is 4. The molecule has 6 fully saturated rings. The maximum absolute atomic E-state index is 6.63. The van der Waals surface area contributed by atoms with Gasteiger partial charge in [0.05, 0.1) is 0 Å². The van der Waals surface area contributed by atoms with Crippen molar-refractivity contribution in [2.45, 2.75) is 190 Å². The van der Waals surface area contributed by atoms with Gasteiger partial charge in [-0.3, -0.25) is 0 Å². The topological polar surface area (TPSA) is 9.72 Å². The first-order chi connectivity index (χ1) is 41.6. The van der Waals surface area contributed by atoms with E-state index in [4.69, 9.17) is 11.8 Å². The number of hydrogen-bond donors (Lipinski definition) is 0. The largest absolute Gasteiger partial charge is 2.00 e. The van der Waals surface area contributed by atoms with E-state index in [1.54, 1.807) is 5.56 Å². The molecule has 0 radical (unpaired) electrons. The first-order valence-electron chi connectivity index (χ1n) is 33.1. The van der Waals surface area contributed by atoms with E-state index in [1.807, 2.05) is 0 Å². The molecule has 6 saturated carbocycles. The maximum Gasteiger partial charge on any atom is 2.00 e. The summed E-state index contributed by atoms with van der Waals surface area (Å²) in [5, 5.41) is 8.34. The Labute approximate surface area is 626 Å². The summed E-state index contributed by atoms with van der Waals surface area (Å²) in [6, 6.07) is 70.4. The molecule has 0 saturated heterocycles. The van der Waals surface area contributed by atoms with Crippen molar-refractivity contribution < 1.29 is 51.2 Å².